The van der Waals surface area contributed by atoms with Gasteiger partial charge in [-0.2, -0.15) is 0 Å². The highest BCUT2D eigenvalue weighted by atomic mass is 32.2. The van der Waals surface area contributed by atoms with Crippen LogP contribution in [0.4, 0.5) is 0 Å². The van der Waals surface area contributed by atoms with Crippen LogP contribution in [0.5, 0.6) is 11.5 Å². The SMILES string of the molecule is OC1C(NCc2ccc3c(c2)OCO3)C2COC(O2)C1Sc1ccccc1. The van der Waals surface area contributed by atoms with Gasteiger partial charge in [0.05, 0.1) is 24.0 Å². The molecule has 5 atom stereocenters. The van der Waals surface area contributed by atoms with E-state index in [1.54, 1.807) is 11.8 Å². The van der Waals surface area contributed by atoms with Gasteiger partial charge in [-0.05, 0) is 29.8 Å². The van der Waals surface area contributed by atoms with Gasteiger partial charge in [0.25, 0.3) is 0 Å². The van der Waals surface area contributed by atoms with Crippen molar-refractivity contribution in [2.45, 2.75) is 41.2 Å². The molecular weight excluding hydrogens is 366 g/mol. The van der Waals surface area contributed by atoms with Gasteiger partial charge in [-0.25, -0.2) is 0 Å². The summed E-state index contributed by atoms with van der Waals surface area (Å²) < 4.78 is 22.6. The maximum Gasteiger partial charge on any atom is 0.231 e. The number of hydrogen-bond donors (Lipinski definition) is 2. The molecule has 2 N–H and O–H groups in total. The van der Waals surface area contributed by atoms with Gasteiger partial charge in [-0.3, -0.25) is 0 Å². The second-order valence-electron chi connectivity index (χ2n) is 6.86. The molecule has 3 aliphatic heterocycles. The maximum atomic E-state index is 11.0. The first-order chi connectivity index (χ1) is 13.3. The lowest BCUT2D eigenvalue weighted by Gasteiger charge is -2.38. The molecule has 0 saturated carbocycles. The highest BCUT2D eigenvalue weighted by Crippen LogP contribution is 2.39. The Morgan fingerprint density at radius 3 is 2.81 bits per heavy atom. The van der Waals surface area contributed by atoms with E-state index < -0.39 is 6.10 Å². The molecule has 2 fully saturated rings. The van der Waals surface area contributed by atoms with Crippen molar-refractivity contribution in [1.29, 1.82) is 0 Å². The summed E-state index contributed by atoms with van der Waals surface area (Å²) in [5.74, 6) is 1.53. The van der Waals surface area contributed by atoms with E-state index in [2.05, 4.69) is 5.32 Å². The van der Waals surface area contributed by atoms with E-state index in [1.807, 2.05) is 48.5 Å². The molecule has 3 aliphatic rings. The van der Waals surface area contributed by atoms with Crippen LogP contribution in [-0.2, 0) is 16.0 Å². The lowest BCUT2D eigenvalue weighted by molar-refractivity contribution is -0.123. The third kappa shape index (κ3) is 3.41. The van der Waals surface area contributed by atoms with E-state index in [4.69, 9.17) is 18.9 Å². The van der Waals surface area contributed by atoms with Gasteiger partial charge in [0, 0.05) is 11.4 Å². The van der Waals surface area contributed by atoms with Gasteiger partial charge in [0.1, 0.15) is 6.10 Å². The van der Waals surface area contributed by atoms with Crippen LogP contribution < -0.4 is 14.8 Å². The Kier molecular flexibility index (Phi) is 4.71. The fourth-order valence-electron chi connectivity index (χ4n) is 3.71. The topological polar surface area (TPSA) is 69.2 Å². The van der Waals surface area contributed by atoms with Crippen LogP contribution in [0.3, 0.4) is 0 Å². The summed E-state index contributed by atoms with van der Waals surface area (Å²) in [5, 5.41) is 14.3. The number of aliphatic hydroxyl groups is 1. The van der Waals surface area contributed by atoms with Crippen LogP contribution in [0.2, 0.25) is 0 Å². The van der Waals surface area contributed by atoms with E-state index in [1.165, 1.54) is 0 Å². The normalized spacial score (nSPS) is 31.2. The Labute approximate surface area is 161 Å². The smallest absolute Gasteiger partial charge is 0.231 e. The largest absolute Gasteiger partial charge is 0.454 e. The first-order valence-corrected chi connectivity index (χ1v) is 9.95. The summed E-state index contributed by atoms with van der Waals surface area (Å²) in [6.45, 7) is 1.36. The first kappa shape index (κ1) is 17.3. The third-order valence-electron chi connectivity index (χ3n) is 5.10. The van der Waals surface area contributed by atoms with E-state index in [9.17, 15) is 5.11 Å². The standard InChI is InChI=1S/C20H21NO5S/c22-18-17(21-9-12-6-7-14-15(8-12)25-11-24-14)16-10-23-20(26-16)19(18)27-13-4-2-1-3-5-13/h1-8,16-22H,9-11H2. The Bertz CT molecular complexity index is 804. The molecule has 142 valence electrons. The van der Waals surface area contributed by atoms with E-state index in [-0.39, 0.29) is 30.5 Å². The molecule has 27 heavy (non-hydrogen) atoms. The Morgan fingerprint density at radius 2 is 1.93 bits per heavy atom. The fourth-order valence-corrected chi connectivity index (χ4v) is 4.90. The lowest BCUT2D eigenvalue weighted by atomic mass is 9.99. The van der Waals surface area contributed by atoms with Crippen molar-refractivity contribution >= 4 is 11.8 Å². The highest BCUT2D eigenvalue weighted by molar-refractivity contribution is 8.00. The molecule has 2 aromatic rings. The number of benzene rings is 2. The van der Waals surface area contributed by atoms with Crippen molar-refractivity contribution in [3.63, 3.8) is 0 Å². The van der Waals surface area contributed by atoms with Gasteiger partial charge in [0.2, 0.25) is 6.79 Å². The highest BCUT2D eigenvalue weighted by Gasteiger charge is 2.50. The van der Waals surface area contributed by atoms with Crippen molar-refractivity contribution in [2.24, 2.45) is 0 Å². The summed E-state index contributed by atoms with van der Waals surface area (Å²) in [6, 6.07) is 15.7. The second kappa shape index (κ2) is 7.33. The van der Waals surface area contributed by atoms with Crippen LogP contribution in [0.1, 0.15) is 5.56 Å². The average Bonchev–Trinajstić information content (AvgIpc) is 3.34. The maximum absolute atomic E-state index is 11.0. The molecule has 0 radical (unpaired) electrons. The number of ether oxygens (including phenoxy) is 4. The minimum Gasteiger partial charge on any atom is -0.454 e. The minimum atomic E-state index is -0.574. The summed E-state index contributed by atoms with van der Waals surface area (Å²) >= 11 is 1.60. The van der Waals surface area contributed by atoms with Gasteiger partial charge in [-0.15, -0.1) is 11.8 Å². The van der Waals surface area contributed by atoms with Gasteiger partial charge < -0.3 is 29.4 Å². The molecular formula is C20H21NO5S. The minimum absolute atomic E-state index is 0.147. The summed E-state index contributed by atoms with van der Waals surface area (Å²) in [5.41, 5.74) is 1.07. The summed E-state index contributed by atoms with van der Waals surface area (Å²) in [6.07, 6.45) is -1.10. The van der Waals surface area contributed by atoms with Crippen molar-refractivity contribution in [3.8, 4) is 11.5 Å². The van der Waals surface area contributed by atoms with Crippen LogP contribution in [0.15, 0.2) is 53.4 Å². The summed E-state index contributed by atoms with van der Waals surface area (Å²) in [4.78, 5) is 1.09. The first-order valence-electron chi connectivity index (χ1n) is 9.07. The third-order valence-corrected chi connectivity index (χ3v) is 6.42. The molecule has 2 aromatic carbocycles. The molecule has 0 aromatic heterocycles. The van der Waals surface area contributed by atoms with Crippen molar-refractivity contribution in [2.75, 3.05) is 13.4 Å². The number of fused-ring (bicyclic) bond motifs is 3. The van der Waals surface area contributed by atoms with Gasteiger partial charge in [0.15, 0.2) is 17.8 Å². The van der Waals surface area contributed by atoms with Crippen molar-refractivity contribution in [1.82, 2.24) is 5.32 Å². The molecule has 0 amide bonds. The van der Waals surface area contributed by atoms with Gasteiger partial charge >= 0.3 is 0 Å². The zero-order valence-corrected chi connectivity index (χ0v) is 15.4. The van der Waals surface area contributed by atoms with Crippen molar-refractivity contribution < 1.29 is 24.1 Å². The van der Waals surface area contributed by atoms with Crippen LogP contribution in [-0.4, -0.2) is 48.3 Å². The molecule has 5 rings (SSSR count). The zero-order valence-electron chi connectivity index (χ0n) is 14.6. The lowest BCUT2D eigenvalue weighted by Crippen LogP contribution is -2.58. The van der Waals surface area contributed by atoms with E-state index in [0.29, 0.717) is 13.2 Å². The number of hydrogen-bond acceptors (Lipinski definition) is 7. The Balaban J connectivity index is 1.28. The molecule has 7 heteroatoms. The monoisotopic (exact) mass is 387 g/mol. The molecule has 3 heterocycles. The van der Waals surface area contributed by atoms with Crippen molar-refractivity contribution in [3.05, 3.63) is 54.1 Å². The number of nitrogens with one attached hydrogen (secondary N) is 1. The van der Waals surface area contributed by atoms with Crippen LogP contribution >= 0.6 is 11.8 Å². The Hall–Kier alpha value is -1.77. The molecule has 2 bridgehead atoms. The number of thioether (sulfide) groups is 1. The zero-order chi connectivity index (χ0) is 18.2. The quantitative estimate of drug-likeness (QED) is 0.815. The number of rotatable bonds is 5. The van der Waals surface area contributed by atoms with Crippen LogP contribution in [0.25, 0.3) is 0 Å². The summed E-state index contributed by atoms with van der Waals surface area (Å²) in [7, 11) is 0. The van der Waals surface area contributed by atoms with Crippen LogP contribution in [0, 0.1) is 0 Å². The second-order valence-corrected chi connectivity index (χ2v) is 8.11. The molecule has 5 unspecified atom stereocenters. The molecule has 6 nitrogen and oxygen atoms in total. The average molecular weight is 387 g/mol. The Morgan fingerprint density at radius 1 is 1.07 bits per heavy atom. The fraction of sp³-hybridized carbons (Fsp3) is 0.400. The predicted molar refractivity (Wildman–Crippen MR) is 99.9 cm³/mol. The molecule has 0 aliphatic carbocycles. The molecule has 0 spiro atoms. The van der Waals surface area contributed by atoms with Gasteiger partial charge in [-0.1, -0.05) is 24.3 Å². The number of aliphatic hydroxyl groups excluding tert-OH is 1. The van der Waals surface area contributed by atoms with E-state index in [0.717, 1.165) is 22.0 Å². The predicted octanol–water partition coefficient (Wildman–Crippen LogP) is 2.15. The van der Waals surface area contributed by atoms with E-state index >= 15 is 0 Å². The molecule has 2 saturated heterocycles.